The van der Waals surface area contributed by atoms with E-state index in [1.807, 2.05) is 70.3 Å². The van der Waals surface area contributed by atoms with Crippen LogP contribution in [0.3, 0.4) is 0 Å². The monoisotopic (exact) mass is 432 g/mol. The predicted molar refractivity (Wildman–Crippen MR) is 124 cm³/mol. The fourth-order valence-corrected chi connectivity index (χ4v) is 3.60. The van der Waals surface area contributed by atoms with Gasteiger partial charge in [-0.15, -0.1) is 0 Å². The number of nitrogens with zero attached hydrogens (tertiary/aromatic N) is 4. The van der Waals surface area contributed by atoms with Crippen LogP contribution in [-0.4, -0.2) is 71.7 Å². The molecule has 7 heteroatoms. The van der Waals surface area contributed by atoms with Crippen molar-refractivity contribution in [2.45, 2.75) is 0 Å². The molecule has 0 aliphatic carbocycles. The van der Waals surface area contributed by atoms with Crippen molar-refractivity contribution in [2.24, 2.45) is 0 Å². The summed E-state index contributed by atoms with van der Waals surface area (Å²) in [5.41, 5.74) is 2.04. The molecule has 1 fully saturated rings. The van der Waals surface area contributed by atoms with Gasteiger partial charge in [0.05, 0.1) is 13.4 Å². The Balaban J connectivity index is 1.18. The topological polar surface area (TPSA) is 59.8 Å². The van der Waals surface area contributed by atoms with Gasteiger partial charge < -0.3 is 18.9 Å². The summed E-state index contributed by atoms with van der Waals surface area (Å²) < 4.78 is 12.9. The maximum atomic E-state index is 12.6. The number of carbonyl (C=O) groups excluding carboxylic acids is 1. The minimum absolute atomic E-state index is 0.0535. The third kappa shape index (κ3) is 5.76. The number of piperazine rings is 1. The summed E-state index contributed by atoms with van der Waals surface area (Å²) in [6, 6.07) is 15.6. The molecular weight excluding hydrogens is 404 g/mol. The molecule has 1 aliphatic rings. The number of imidazole rings is 1. The number of rotatable bonds is 8. The van der Waals surface area contributed by atoms with E-state index in [0.29, 0.717) is 6.61 Å². The Morgan fingerprint density at radius 1 is 1.00 bits per heavy atom. The Bertz CT molecular complexity index is 1010. The minimum atomic E-state index is 0.0535. The summed E-state index contributed by atoms with van der Waals surface area (Å²) in [6.45, 7) is 4.62. The number of methoxy groups -OCH3 is 1. The number of carbonyl (C=O) groups is 1. The van der Waals surface area contributed by atoms with Crippen molar-refractivity contribution in [3.05, 3.63) is 78.9 Å². The summed E-state index contributed by atoms with van der Waals surface area (Å²) >= 11 is 0. The van der Waals surface area contributed by atoms with E-state index in [1.165, 1.54) is 0 Å². The van der Waals surface area contributed by atoms with Gasteiger partial charge in [-0.05, 0) is 48.0 Å². The SMILES string of the molecule is COc1ccc(OCCN2CCN(C(=O)/C=C/c3ccc(-n4ccnc4)cc3)CC2)cc1. The van der Waals surface area contributed by atoms with Crippen LogP contribution >= 0.6 is 0 Å². The van der Waals surface area contributed by atoms with Gasteiger partial charge in [0.25, 0.3) is 0 Å². The van der Waals surface area contributed by atoms with Crippen LogP contribution in [0.25, 0.3) is 11.8 Å². The second-order valence-corrected chi connectivity index (χ2v) is 7.59. The van der Waals surface area contributed by atoms with Crippen molar-refractivity contribution in [1.29, 1.82) is 0 Å². The summed E-state index contributed by atoms with van der Waals surface area (Å²) in [7, 11) is 1.65. The van der Waals surface area contributed by atoms with Gasteiger partial charge in [-0.3, -0.25) is 9.69 Å². The molecule has 1 aromatic heterocycles. The number of amides is 1. The van der Waals surface area contributed by atoms with Gasteiger partial charge in [-0.2, -0.15) is 0 Å². The van der Waals surface area contributed by atoms with E-state index < -0.39 is 0 Å². The molecule has 3 aromatic rings. The maximum absolute atomic E-state index is 12.6. The van der Waals surface area contributed by atoms with Crippen molar-refractivity contribution in [2.75, 3.05) is 46.4 Å². The van der Waals surface area contributed by atoms with Crippen LogP contribution in [0.15, 0.2) is 73.3 Å². The predicted octanol–water partition coefficient (Wildman–Crippen LogP) is 3.12. The van der Waals surface area contributed by atoms with Crippen molar-refractivity contribution in [1.82, 2.24) is 19.4 Å². The van der Waals surface area contributed by atoms with E-state index in [0.717, 1.165) is 55.5 Å². The highest BCUT2D eigenvalue weighted by Crippen LogP contribution is 2.17. The molecule has 2 heterocycles. The second-order valence-electron chi connectivity index (χ2n) is 7.59. The fourth-order valence-electron chi connectivity index (χ4n) is 3.60. The van der Waals surface area contributed by atoms with Crippen LogP contribution in [-0.2, 0) is 4.79 Å². The van der Waals surface area contributed by atoms with Crippen molar-refractivity contribution in [3.8, 4) is 17.2 Å². The van der Waals surface area contributed by atoms with E-state index >= 15 is 0 Å². The van der Waals surface area contributed by atoms with Gasteiger partial charge in [0.15, 0.2) is 0 Å². The third-order valence-electron chi connectivity index (χ3n) is 5.53. The molecule has 0 radical (unpaired) electrons. The molecule has 7 nitrogen and oxygen atoms in total. The Kier molecular flexibility index (Phi) is 7.19. The standard InChI is InChI=1S/C25H28N4O3/c1-31-23-7-9-24(10-8-23)32-19-18-27-14-16-28(17-15-27)25(30)11-4-21-2-5-22(6-3-21)29-13-12-26-20-29/h2-13,20H,14-19H2,1H3/b11-4+. The van der Waals surface area contributed by atoms with E-state index in [2.05, 4.69) is 9.88 Å². The first kappa shape index (κ1) is 21.6. The summed E-state index contributed by atoms with van der Waals surface area (Å²) in [4.78, 5) is 20.8. The average molecular weight is 433 g/mol. The lowest BCUT2D eigenvalue weighted by molar-refractivity contribution is -0.127. The van der Waals surface area contributed by atoms with E-state index in [-0.39, 0.29) is 5.91 Å². The van der Waals surface area contributed by atoms with Crippen LogP contribution in [0.1, 0.15) is 5.56 Å². The van der Waals surface area contributed by atoms with E-state index in [4.69, 9.17) is 9.47 Å². The largest absolute Gasteiger partial charge is 0.497 e. The first-order chi connectivity index (χ1) is 15.7. The van der Waals surface area contributed by atoms with Crippen molar-refractivity contribution in [3.63, 3.8) is 0 Å². The third-order valence-corrected chi connectivity index (χ3v) is 5.53. The summed E-state index contributed by atoms with van der Waals surface area (Å²) in [5, 5.41) is 0. The summed E-state index contributed by atoms with van der Waals surface area (Å²) in [6.07, 6.45) is 8.95. The molecule has 0 unspecified atom stereocenters. The molecule has 1 amide bonds. The molecule has 2 aromatic carbocycles. The molecule has 0 N–H and O–H groups in total. The molecular formula is C25H28N4O3. The van der Waals surface area contributed by atoms with Crippen LogP contribution in [0.2, 0.25) is 0 Å². The molecule has 1 aliphatic heterocycles. The number of hydrogen-bond acceptors (Lipinski definition) is 5. The second kappa shape index (κ2) is 10.6. The van der Waals surface area contributed by atoms with Crippen LogP contribution in [0.4, 0.5) is 0 Å². The molecule has 1 saturated heterocycles. The number of ether oxygens (including phenoxy) is 2. The minimum Gasteiger partial charge on any atom is -0.497 e. The lowest BCUT2D eigenvalue weighted by atomic mass is 10.2. The lowest BCUT2D eigenvalue weighted by Crippen LogP contribution is -2.49. The highest BCUT2D eigenvalue weighted by molar-refractivity contribution is 5.91. The maximum Gasteiger partial charge on any atom is 0.246 e. The van der Waals surface area contributed by atoms with Crippen molar-refractivity contribution < 1.29 is 14.3 Å². The molecule has 4 rings (SSSR count). The average Bonchev–Trinajstić information content (AvgIpc) is 3.39. The van der Waals surface area contributed by atoms with E-state index in [1.54, 1.807) is 25.7 Å². The van der Waals surface area contributed by atoms with Gasteiger partial charge in [0.2, 0.25) is 5.91 Å². The molecule has 0 spiro atoms. The highest BCUT2D eigenvalue weighted by atomic mass is 16.5. The van der Waals surface area contributed by atoms with Crippen LogP contribution in [0.5, 0.6) is 11.5 Å². The van der Waals surface area contributed by atoms with Crippen LogP contribution in [0, 0.1) is 0 Å². The quantitative estimate of drug-likeness (QED) is 0.512. The molecule has 0 bridgehead atoms. The molecule has 0 saturated carbocycles. The Hall–Kier alpha value is -3.58. The van der Waals surface area contributed by atoms with Gasteiger partial charge >= 0.3 is 0 Å². The normalized spacial score (nSPS) is 14.6. The Morgan fingerprint density at radius 2 is 1.72 bits per heavy atom. The smallest absolute Gasteiger partial charge is 0.246 e. The van der Waals surface area contributed by atoms with Gasteiger partial charge in [0.1, 0.15) is 18.1 Å². The van der Waals surface area contributed by atoms with Gasteiger partial charge in [-0.1, -0.05) is 12.1 Å². The number of benzene rings is 2. The fraction of sp³-hybridized carbons (Fsp3) is 0.280. The van der Waals surface area contributed by atoms with Gasteiger partial charge in [-0.25, -0.2) is 4.98 Å². The summed E-state index contributed by atoms with van der Waals surface area (Å²) in [5.74, 6) is 1.71. The molecule has 166 valence electrons. The zero-order chi connectivity index (χ0) is 22.2. The zero-order valence-corrected chi connectivity index (χ0v) is 18.3. The Morgan fingerprint density at radius 3 is 2.38 bits per heavy atom. The van der Waals surface area contributed by atoms with E-state index in [9.17, 15) is 4.79 Å². The number of hydrogen-bond donors (Lipinski definition) is 0. The van der Waals surface area contributed by atoms with Crippen LogP contribution < -0.4 is 9.47 Å². The molecule has 32 heavy (non-hydrogen) atoms. The zero-order valence-electron chi connectivity index (χ0n) is 18.3. The first-order valence-corrected chi connectivity index (χ1v) is 10.8. The Labute approximate surface area is 188 Å². The lowest BCUT2D eigenvalue weighted by Gasteiger charge is -2.34. The van der Waals surface area contributed by atoms with Crippen molar-refractivity contribution >= 4 is 12.0 Å². The molecule has 0 atom stereocenters. The number of aromatic nitrogens is 2. The van der Waals surface area contributed by atoms with Gasteiger partial charge in [0, 0.05) is 56.9 Å². The first-order valence-electron chi connectivity index (χ1n) is 10.8. The highest BCUT2D eigenvalue weighted by Gasteiger charge is 2.19.